The van der Waals surface area contributed by atoms with Gasteiger partial charge in [0.05, 0.1) is 12.6 Å². The Morgan fingerprint density at radius 3 is 2.21 bits per heavy atom. The minimum Gasteiger partial charge on any atom is -0.480 e. The van der Waals surface area contributed by atoms with Gasteiger partial charge in [-0.1, -0.05) is 32.0 Å². The molecule has 210 valence electrons. The fourth-order valence-electron chi connectivity index (χ4n) is 4.12. The van der Waals surface area contributed by atoms with Gasteiger partial charge in [-0.05, 0) is 49.8 Å². The van der Waals surface area contributed by atoms with Crippen LogP contribution in [-0.4, -0.2) is 76.2 Å². The Balaban J connectivity index is 2.28. The van der Waals surface area contributed by atoms with Crippen molar-refractivity contribution in [3.05, 3.63) is 36.0 Å². The molecule has 4 atom stereocenters. The van der Waals surface area contributed by atoms with Crippen LogP contribution in [0.15, 0.2) is 30.5 Å². The first-order valence-electron chi connectivity index (χ1n) is 12.8. The highest BCUT2D eigenvalue weighted by Gasteiger charge is 2.30. The number of hydrogen-bond acceptors (Lipinski definition) is 7. The highest BCUT2D eigenvalue weighted by atomic mass is 16.4. The quantitative estimate of drug-likeness (QED) is 0.135. The summed E-state index contributed by atoms with van der Waals surface area (Å²) in [7, 11) is 0. The van der Waals surface area contributed by atoms with Crippen LogP contribution in [0.4, 0.5) is 0 Å². The van der Waals surface area contributed by atoms with Gasteiger partial charge < -0.3 is 42.6 Å². The number of aliphatic carboxylic acids is 1. The third-order valence-electron chi connectivity index (χ3n) is 6.17. The molecule has 12 heteroatoms. The van der Waals surface area contributed by atoms with Crippen molar-refractivity contribution in [1.82, 2.24) is 20.9 Å². The van der Waals surface area contributed by atoms with Gasteiger partial charge >= 0.3 is 5.97 Å². The van der Waals surface area contributed by atoms with E-state index < -0.39 is 54.5 Å². The van der Waals surface area contributed by atoms with Crippen LogP contribution in [0, 0.1) is 5.92 Å². The zero-order chi connectivity index (χ0) is 28.2. The van der Waals surface area contributed by atoms with E-state index in [0.29, 0.717) is 25.8 Å². The van der Waals surface area contributed by atoms with Crippen LogP contribution in [0.25, 0.3) is 10.9 Å². The Labute approximate surface area is 221 Å². The van der Waals surface area contributed by atoms with Crippen molar-refractivity contribution >= 4 is 34.6 Å². The second-order valence-electron chi connectivity index (χ2n) is 9.79. The predicted octanol–water partition coefficient (Wildman–Crippen LogP) is -0.256. The molecule has 0 aliphatic heterocycles. The molecule has 0 bridgehead atoms. The number of carbonyl (C=O) groups excluding carboxylic acids is 3. The fourth-order valence-corrected chi connectivity index (χ4v) is 4.12. The number of fused-ring (bicyclic) bond motifs is 1. The average molecular weight is 533 g/mol. The van der Waals surface area contributed by atoms with Gasteiger partial charge in [0, 0.05) is 23.5 Å². The first-order chi connectivity index (χ1) is 18.1. The number of unbranched alkanes of at least 4 members (excludes halogenated alkanes) is 1. The molecule has 38 heavy (non-hydrogen) atoms. The number of nitrogens with one attached hydrogen (secondary N) is 4. The van der Waals surface area contributed by atoms with Crippen LogP contribution >= 0.6 is 0 Å². The van der Waals surface area contributed by atoms with Crippen molar-refractivity contribution in [2.75, 3.05) is 13.2 Å². The van der Waals surface area contributed by atoms with Crippen molar-refractivity contribution in [2.45, 2.75) is 70.1 Å². The molecule has 12 nitrogen and oxygen atoms in total. The number of aromatic nitrogens is 1. The summed E-state index contributed by atoms with van der Waals surface area (Å²) in [4.78, 5) is 53.6. The molecular weight excluding hydrogens is 492 g/mol. The van der Waals surface area contributed by atoms with Crippen LogP contribution in [0.2, 0.25) is 0 Å². The predicted molar refractivity (Wildman–Crippen MR) is 143 cm³/mol. The summed E-state index contributed by atoms with van der Waals surface area (Å²) in [6.45, 7) is 3.44. The van der Waals surface area contributed by atoms with Gasteiger partial charge in [0.2, 0.25) is 17.7 Å². The van der Waals surface area contributed by atoms with E-state index in [1.54, 1.807) is 6.20 Å². The Hall–Kier alpha value is -3.48. The van der Waals surface area contributed by atoms with E-state index in [1.807, 2.05) is 38.1 Å². The number of H-pyrrole nitrogens is 1. The summed E-state index contributed by atoms with van der Waals surface area (Å²) in [6, 6.07) is 3.02. The number of aromatic amines is 1. The maximum Gasteiger partial charge on any atom is 0.328 e. The van der Waals surface area contributed by atoms with E-state index in [0.717, 1.165) is 16.5 Å². The van der Waals surface area contributed by atoms with Crippen molar-refractivity contribution in [3.63, 3.8) is 0 Å². The third kappa shape index (κ3) is 9.12. The molecular formula is C26H40N6O6. The zero-order valence-electron chi connectivity index (χ0n) is 21.9. The average Bonchev–Trinajstić information content (AvgIpc) is 3.28. The van der Waals surface area contributed by atoms with E-state index >= 15 is 0 Å². The second-order valence-corrected chi connectivity index (χ2v) is 9.79. The largest absolute Gasteiger partial charge is 0.480 e. The Morgan fingerprint density at radius 1 is 0.947 bits per heavy atom. The standard InChI is InChI=1S/C26H40N6O6/c1-15(2)11-18(28)23(34)31-21(12-16-13-29-19-8-4-3-7-17(16)19)25(36)30-20(9-5-6-10-27)24(35)32-22(14-33)26(37)38/h3-4,7-8,13,15,18,20-22,29,33H,5-6,9-12,14,27-28H2,1-2H3,(H,30,36)(H,31,34)(H,32,35)(H,37,38). The van der Waals surface area contributed by atoms with Gasteiger partial charge in [-0.3, -0.25) is 14.4 Å². The van der Waals surface area contributed by atoms with Crippen LogP contribution in [0.1, 0.15) is 45.1 Å². The van der Waals surface area contributed by atoms with Gasteiger partial charge in [-0.2, -0.15) is 0 Å². The number of nitrogens with two attached hydrogens (primary N) is 2. The van der Waals surface area contributed by atoms with Crippen molar-refractivity contribution in [3.8, 4) is 0 Å². The summed E-state index contributed by atoms with van der Waals surface area (Å²) in [6.07, 6.45) is 3.57. The summed E-state index contributed by atoms with van der Waals surface area (Å²) in [5.41, 5.74) is 13.3. The summed E-state index contributed by atoms with van der Waals surface area (Å²) in [5, 5.41) is 27.0. The molecule has 0 spiro atoms. The van der Waals surface area contributed by atoms with Crippen LogP contribution in [0.3, 0.4) is 0 Å². The number of hydrogen-bond donors (Lipinski definition) is 8. The second kappa shape index (κ2) is 15.1. The molecule has 10 N–H and O–H groups in total. The van der Waals surface area contributed by atoms with E-state index in [1.165, 1.54) is 0 Å². The van der Waals surface area contributed by atoms with Crippen LogP contribution in [0.5, 0.6) is 0 Å². The van der Waals surface area contributed by atoms with E-state index in [2.05, 4.69) is 20.9 Å². The number of aliphatic hydroxyl groups excluding tert-OH is 1. The molecule has 0 saturated carbocycles. The Bertz CT molecular complexity index is 1090. The van der Waals surface area contributed by atoms with Crippen molar-refractivity contribution < 1.29 is 29.4 Å². The Kier molecular flexibility index (Phi) is 12.2. The molecule has 1 heterocycles. The SMILES string of the molecule is CC(C)CC(N)C(=O)NC(Cc1c[nH]c2ccccc12)C(=O)NC(CCCCN)C(=O)NC(CO)C(=O)O. The van der Waals surface area contributed by atoms with Crippen LogP contribution < -0.4 is 27.4 Å². The maximum absolute atomic E-state index is 13.5. The molecule has 1 aromatic carbocycles. The lowest BCUT2D eigenvalue weighted by atomic mass is 10.0. The number of rotatable bonds is 16. The normalized spacial score (nSPS) is 14.5. The molecule has 0 fully saturated rings. The molecule has 4 unspecified atom stereocenters. The number of amides is 3. The molecule has 0 aliphatic rings. The van der Waals surface area contributed by atoms with Crippen LogP contribution in [-0.2, 0) is 25.6 Å². The first-order valence-corrected chi connectivity index (χ1v) is 12.8. The molecule has 3 amide bonds. The van der Waals surface area contributed by atoms with Gasteiger partial charge in [-0.15, -0.1) is 0 Å². The number of aliphatic hydroxyl groups is 1. The summed E-state index contributed by atoms with van der Waals surface area (Å²) in [5.74, 6) is -3.11. The number of carboxylic acids is 1. The lowest BCUT2D eigenvalue weighted by Gasteiger charge is -2.25. The lowest BCUT2D eigenvalue weighted by Crippen LogP contribution is -2.58. The molecule has 2 aromatic rings. The molecule has 0 aliphatic carbocycles. The number of para-hydroxylation sites is 1. The topological polar surface area (TPSA) is 213 Å². The van der Waals surface area contributed by atoms with Gasteiger partial charge in [0.1, 0.15) is 18.1 Å². The molecule has 0 radical (unpaired) electrons. The zero-order valence-corrected chi connectivity index (χ0v) is 21.9. The van der Waals surface area contributed by atoms with Gasteiger partial charge in [-0.25, -0.2) is 4.79 Å². The van der Waals surface area contributed by atoms with E-state index in [-0.39, 0.29) is 18.8 Å². The van der Waals surface area contributed by atoms with Crippen molar-refractivity contribution in [1.29, 1.82) is 0 Å². The van der Waals surface area contributed by atoms with Gasteiger partial charge in [0.25, 0.3) is 0 Å². The molecule has 2 rings (SSSR count). The maximum atomic E-state index is 13.5. The number of benzene rings is 1. The fraction of sp³-hybridized carbons (Fsp3) is 0.538. The monoisotopic (exact) mass is 532 g/mol. The van der Waals surface area contributed by atoms with Gasteiger partial charge in [0.15, 0.2) is 0 Å². The minimum atomic E-state index is -1.52. The lowest BCUT2D eigenvalue weighted by molar-refractivity contribution is -0.143. The van der Waals surface area contributed by atoms with Crippen molar-refractivity contribution in [2.24, 2.45) is 17.4 Å². The highest BCUT2D eigenvalue weighted by molar-refractivity contribution is 5.94. The first kappa shape index (κ1) is 30.7. The van der Waals surface area contributed by atoms with E-state index in [9.17, 15) is 29.4 Å². The summed E-state index contributed by atoms with van der Waals surface area (Å²) >= 11 is 0. The summed E-state index contributed by atoms with van der Waals surface area (Å²) < 4.78 is 0. The minimum absolute atomic E-state index is 0.127. The molecule has 0 saturated heterocycles. The third-order valence-corrected chi connectivity index (χ3v) is 6.17. The molecule has 1 aromatic heterocycles. The number of carboxylic acid groups (broad SMARTS) is 1. The van der Waals surface area contributed by atoms with E-state index in [4.69, 9.17) is 11.5 Å². The smallest absolute Gasteiger partial charge is 0.328 e. The number of carbonyl (C=O) groups is 4. The highest BCUT2D eigenvalue weighted by Crippen LogP contribution is 2.19. The Morgan fingerprint density at radius 2 is 1.58 bits per heavy atom.